The molecule has 4 bridgehead atoms. The van der Waals surface area contributed by atoms with Crippen LogP contribution in [0.3, 0.4) is 0 Å². The van der Waals surface area contributed by atoms with Gasteiger partial charge in [0.1, 0.15) is 0 Å². The van der Waals surface area contributed by atoms with Crippen molar-refractivity contribution >= 4 is 0 Å². The van der Waals surface area contributed by atoms with Crippen molar-refractivity contribution in [2.45, 2.75) is 44.9 Å². The van der Waals surface area contributed by atoms with Crippen LogP contribution in [0.25, 0.3) is 0 Å². The van der Waals surface area contributed by atoms with Gasteiger partial charge in [-0.15, -0.1) is 0 Å². The minimum atomic E-state index is 0.400. The van der Waals surface area contributed by atoms with E-state index >= 15 is 0 Å². The summed E-state index contributed by atoms with van der Waals surface area (Å²) in [5.74, 6) is 0.997. The summed E-state index contributed by atoms with van der Waals surface area (Å²) in [5.41, 5.74) is 1.90. The topological polar surface area (TPSA) is 20.2 Å². The first-order chi connectivity index (χ1) is 6.22. The van der Waals surface area contributed by atoms with Crippen LogP contribution in [-0.4, -0.2) is 11.7 Å². The van der Waals surface area contributed by atoms with Crippen molar-refractivity contribution in [3.05, 3.63) is 0 Å². The van der Waals surface area contributed by atoms with Crippen LogP contribution < -0.4 is 0 Å². The van der Waals surface area contributed by atoms with Crippen LogP contribution >= 0.6 is 0 Å². The van der Waals surface area contributed by atoms with Gasteiger partial charge >= 0.3 is 0 Å². The SMILES string of the molecule is OCC12CC3CC4(CCC4(C3)C1)C2. The Hall–Kier alpha value is -0.0400. The predicted octanol–water partition coefficient (Wildman–Crippen LogP) is 2.34. The largest absolute Gasteiger partial charge is 0.396 e. The molecular formula is C12H18O. The molecule has 0 aliphatic heterocycles. The van der Waals surface area contributed by atoms with Gasteiger partial charge in [-0.05, 0) is 67.1 Å². The molecule has 5 rings (SSSR count). The quantitative estimate of drug-likeness (QED) is 0.653. The third-order valence-electron chi connectivity index (χ3n) is 6.05. The van der Waals surface area contributed by atoms with Crippen LogP contribution in [0, 0.1) is 22.2 Å². The summed E-state index contributed by atoms with van der Waals surface area (Å²) < 4.78 is 0. The fourth-order valence-electron chi connectivity index (χ4n) is 5.92. The zero-order valence-electron chi connectivity index (χ0n) is 8.18. The molecule has 0 aromatic rings. The highest BCUT2D eigenvalue weighted by atomic mass is 16.3. The maximum Gasteiger partial charge on any atom is 0.0487 e. The van der Waals surface area contributed by atoms with Gasteiger partial charge in [0.25, 0.3) is 0 Å². The van der Waals surface area contributed by atoms with Crippen molar-refractivity contribution < 1.29 is 5.11 Å². The first kappa shape index (κ1) is 7.28. The molecule has 13 heavy (non-hydrogen) atoms. The lowest BCUT2D eigenvalue weighted by Gasteiger charge is -2.51. The third kappa shape index (κ3) is 0.562. The lowest BCUT2D eigenvalue weighted by Crippen LogP contribution is -2.42. The summed E-state index contributed by atoms with van der Waals surface area (Å²) in [5, 5.41) is 9.56. The summed E-state index contributed by atoms with van der Waals surface area (Å²) in [6.07, 6.45) is 10.1. The second-order valence-electron chi connectivity index (χ2n) is 6.55. The third-order valence-corrected chi connectivity index (χ3v) is 6.05. The van der Waals surface area contributed by atoms with E-state index in [0.29, 0.717) is 12.0 Å². The van der Waals surface area contributed by atoms with E-state index in [9.17, 15) is 5.11 Å². The number of aliphatic hydroxyl groups excluding tert-OH is 1. The molecule has 5 saturated carbocycles. The Kier molecular flexibility index (Phi) is 0.959. The summed E-state index contributed by atoms with van der Waals surface area (Å²) in [6.45, 7) is 0.479. The maximum atomic E-state index is 9.56. The van der Waals surface area contributed by atoms with E-state index in [0.717, 1.165) is 16.7 Å². The van der Waals surface area contributed by atoms with E-state index in [1.807, 2.05) is 0 Å². The van der Waals surface area contributed by atoms with E-state index in [1.54, 1.807) is 0 Å². The maximum absolute atomic E-state index is 9.56. The van der Waals surface area contributed by atoms with E-state index in [-0.39, 0.29) is 0 Å². The molecule has 0 saturated heterocycles. The lowest BCUT2D eigenvalue weighted by atomic mass is 9.53. The van der Waals surface area contributed by atoms with Crippen molar-refractivity contribution in [2.75, 3.05) is 6.61 Å². The molecule has 2 atom stereocenters. The number of hydrogen-bond acceptors (Lipinski definition) is 1. The van der Waals surface area contributed by atoms with Crippen LogP contribution in [0.2, 0.25) is 0 Å². The molecule has 2 unspecified atom stereocenters. The highest BCUT2D eigenvalue weighted by Gasteiger charge is 2.74. The van der Waals surface area contributed by atoms with Crippen LogP contribution in [0.4, 0.5) is 0 Å². The van der Waals surface area contributed by atoms with Gasteiger partial charge < -0.3 is 5.11 Å². The molecule has 1 N–H and O–H groups in total. The molecule has 0 heterocycles. The molecule has 0 aromatic carbocycles. The minimum absolute atomic E-state index is 0.400. The van der Waals surface area contributed by atoms with E-state index < -0.39 is 0 Å². The second kappa shape index (κ2) is 1.71. The Labute approximate surface area is 79.5 Å². The van der Waals surface area contributed by atoms with Crippen molar-refractivity contribution in [1.29, 1.82) is 0 Å². The zero-order chi connectivity index (χ0) is 8.73. The fraction of sp³-hybridized carbons (Fsp3) is 1.00. The zero-order valence-corrected chi connectivity index (χ0v) is 8.18. The molecular weight excluding hydrogens is 160 g/mol. The summed E-state index contributed by atoms with van der Waals surface area (Å²) in [4.78, 5) is 0. The average molecular weight is 178 g/mol. The first-order valence-electron chi connectivity index (χ1n) is 5.83. The molecule has 0 aromatic heterocycles. The van der Waals surface area contributed by atoms with Gasteiger partial charge in [-0.25, -0.2) is 0 Å². The van der Waals surface area contributed by atoms with Gasteiger partial charge in [-0.2, -0.15) is 0 Å². The first-order valence-corrected chi connectivity index (χ1v) is 5.83. The smallest absolute Gasteiger partial charge is 0.0487 e. The summed E-state index contributed by atoms with van der Waals surface area (Å²) in [6, 6.07) is 0. The Morgan fingerprint density at radius 1 is 1.00 bits per heavy atom. The Bertz CT molecular complexity index is 263. The van der Waals surface area contributed by atoms with Gasteiger partial charge in [-0.1, -0.05) is 0 Å². The van der Waals surface area contributed by atoms with Gasteiger partial charge in [0.2, 0.25) is 0 Å². The number of aliphatic hydroxyl groups is 1. The highest BCUT2D eigenvalue weighted by Crippen LogP contribution is 2.84. The molecule has 2 spiro atoms. The average Bonchev–Trinajstić information content (AvgIpc) is 2.34. The fourth-order valence-corrected chi connectivity index (χ4v) is 5.92. The molecule has 5 fully saturated rings. The monoisotopic (exact) mass is 178 g/mol. The molecule has 0 radical (unpaired) electrons. The Balaban J connectivity index is 1.86. The highest BCUT2D eigenvalue weighted by molar-refractivity contribution is 5.24. The van der Waals surface area contributed by atoms with E-state index in [2.05, 4.69) is 0 Å². The van der Waals surface area contributed by atoms with Crippen LogP contribution in [-0.2, 0) is 0 Å². The van der Waals surface area contributed by atoms with Gasteiger partial charge in [0.15, 0.2) is 0 Å². The van der Waals surface area contributed by atoms with Gasteiger partial charge in [-0.3, -0.25) is 0 Å². The minimum Gasteiger partial charge on any atom is -0.396 e. The van der Waals surface area contributed by atoms with Crippen molar-refractivity contribution in [3.8, 4) is 0 Å². The van der Waals surface area contributed by atoms with E-state index in [1.165, 1.54) is 44.9 Å². The predicted molar refractivity (Wildman–Crippen MR) is 50.2 cm³/mol. The second-order valence-corrected chi connectivity index (χ2v) is 6.55. The number of hydrogen-bond donors (Lipinski definition) is 1. The normalized spacial score (nSPS) is 66.7. The van der Waals surface area contributed by atoms with Gasteiger partial charge in [0.05, 0.1) is 0 Å². The molecule has 72 valence electrons. The van der Waals surface area contributed by atoms with Crippen molar-refractivity contribution in [1.82, 2.24) is 0 Å². The summed E-state index contributed by atoms with van der Waals surface area (Å²) >= 11 is 0. The molecule has 5 aliphatic rings. The van der Waals surface area contributed by atoms with Gasteiger partial charge in [0, 0.05) is 6.61 Å². The van der Waals surface area contributed by atoms with Crippen LogP contribution in [0.5, 0.6) is 0 Å². The van der Waals surface area contributed by atoms with Crippen molar-refractivity contribution in [3.63, 3.8) is 0 Å². The standard InChI is InChI=1S/C12H18O/c13-8-10-3-9-4-11(6-10)1-2-12(11,5-9)7-10/h9,13H,1-8H2. The molecule has 1 nitrogen and oxygen atoms in total. The van der Waals surface area contributed by atoms with Crippen LogP contribution in [0.1, 0.15) is 44.9 Å². The van der Waals surface area contributed by atoms with Crippen molar-refractivity contribution in [2.24, 2.45) is 22.2 Å². The Morgan fingerprint density at radius 2 is 1.62 bits per heavy atom. The lowest BCUT2D eigenvalue weighted by molar-refractivity contribution is -0.0164. The molecule has 5 aliphatic carbocycles. The van der Waals surface area contributed by atoms with Crippen LogP contribution in [0.15, 0.2) is 0 Å². The molecule has 0 amide bonds. The van der Waals surface area contributed by atoms with E-state index in [4.69, 9.17) is 0 Å². The summed E-state index contributed by atoms with van der Waals surface area (Å²) in [7, 11) is 0. The Morgan fingerprint density at radius 3 is 2.08 bits per heavy atom. The number of rotatable bonds is 1. The molecule has 1 heteroatoms.